The zero-order valence-corrected chi connectivity index (χ0v) is 9.54. The van der Waals surface area contributed by atoms with Gasteiger partial charge in [0.25, 0.3) is 0 Å². The molecule has 0 aromatic carbocycles. The highest BCUT2D eigenvalue weighted by atomic mass is 35.5. The molecule has 0 heterocycles. The Morgan fingerprint density at radius 2 is 1.42 bits per heavy atom. The number of hydrogen-bond donors (Lipinski definition) is 1. The van der Waals surface area contributed by atoms with Crippen LogP contribution >= 0.6 is 12.4 Å². The molecule has 1 nitrogen and oxygen atoms in total. The fourth-order valence-corrected chi connectivity index (χ4v) is 1.26. The molecule has 0 aromatic rings. The SMILES string of the molecule is CCC=C(CCC)CCC.Cl.N. The molecule has 0 fully saturated rings. The Morgan fingerprint density at radius 3 is 1.67 bits per heavy atom. The van der Waals surface area contributed by atoms with Crippen molar-refractivity contribution in [2.24, 2.45) is 0 Å². The molecule has 0 saturated carbocycles. The molecule has 0 rings (SSSR count). The van der Waals surface area contributed by atoms with Crippen LogP contribution in [0, 0.1) is 0 Å². The Kier molecular flexibility index (Phi) is 20.3. The molecule has 0 aliphatic rings. The van der Waals surface area contributed by atoms with E-state index in [9.17, 15) is 0 Å². The summed E-state index contributed by atoms with van der Waals surface area (Å²) in [6, 6.07) is 0. The average molecular weight is 194 g/mol. The van der Waals surface area contributed by atoms with E-state index in [-0.39, 0.29) is 18.6 Å². The first-order chi connectivity index (χ1) is 4.85. The van der Waals surface area contributed by atoms with E-state index in [1.807, 2.05) is 0 Å². The summed E-state index contributed by atoms with van der Waals surface area (Å²) in [4.78, 5) is 0. The zero-order valence-electron chi connectivity index (χ0n) is 8.73. The molecule has 0 amide bonds. The molecular formula is C10H24ClN. The van der Waals surface area contributed by atoms with Crippen molar-refractivity contribution in [3.8, 4) is 0 Å². The van der Waals surface area contributed by atoms with Gasteiger partial charge in [0.1, 0.15) is 0 Å². The van der Waals surface area contributed by atoms with Gasteiger partial charge in [-0.2, -0.15) is 0 Å². The maximum Gasteiger partial charge on any atom is -0.0323 e. The summed E-state index contributed by atoms with van der Waals surface area (Å²) in [5, 5.41) is 0. The van der Waals surface area contributed by atoms with Crippen LogP contribution in [0.4, 0.5) is 0 Å². The second-order valence-electron chi connectivity index (χ2n) is 2.77. The quantitative estimate of drug-likeness (QED) is 0.641. The van der Waals surface area contributed by atoms with E-state index in [1.165, 1.54) is 32.1 Å². The van der Waals surface area contributed by atoms with Crippen molar-refractivity contribution in [3.63, 3.8) is 0 Å². The van der Waals surface area contributed by atoms with Gasteiger partial charge in [0.15, 0.2) is 0 Å². The fraction of sp³-hybridized carbons (Fsp3) is 0.800. The van der Waals surface area contributed by atoms with Crippen LogP contribution in [0.3, 0.4) is 0 Å². The Morgan fingerprint density at radius 1 is 1.00 bits per heavy atom. The Bertz CT molecular complexity index is 92.0. The monoisotopic (exact) mass is 193 g/mol. The summed E-state index contributed by atoms with van der Waals surface area (Å²) >= 11 is 0. The lowest BCUT2D eigenvalue weighted by Gasteiger charge is -2.02. The van der Waals surface area contributed by atoms with Gasteiger partial charge in [-0.05, 0) is 19.3 Å². The van der Waals surface area contributed by atoms with Crippen molar-refractivity contribution < 1.29 is 0 Å². The van der Waals surface area contributed by atoms with Gasteiger partial charge in [-0.3, -0.25) is 0 Å². The van der Waals surface area contributed by atoms with Crippen LogP contribution in [0.2, 0.25) is 0 Å². The minimum absolute atomic E-state index is 0. The molecule has 2 heteroatoms. The second kappa shape index (κ2) is 13.6. The fourth-order valence-electron chi connectivity index (χ4n) is 1.26. The van der Waals surface area contributed by atoms with Crippen molar-refractivity contribution in [2.75, 3.05) is 0 Å². The largest absolute Gasteiger partial charge is 0.344 e. The van der Waals surface area contributed by atoms with Crippen molar-refractivity contribution in [3.05, 3.63) is 11.6 Å². The molecule has 0 aliphatic heterocycles. The van der Waals surface area contributed by atoms with E-state index in [0.717, 1.165) is 0 Å². The lowest BCUT2D eigenvalue weighted by molar-refractivity contribution is 0.796. The van der Waals surface area contributed by atoms with Gasteiger partial charge < -0.3 is 6.15 Å². The summed E-state index contributed by atoms with van der Waals surface area (Å²) in [5.41, 5.74) is 1.66. The molecular weight excluding hydrogens is 170 g/mol. The molecule has 0 atom stereocenters. The third kappa shape index (κ3) is 9.99. The molecule has 3 N–H and O–H groups in total. The molecule has 0 saturated heterocycles. The van der Waals surface area contributed by atoms with Crippen molar-refractivity contribution in [1.82, 2.24) is 6.15 Å². The van der Waals surface area contributed by atoms with E-state index in [1.54, 1.807) is 5.57 Å². The zero-order chi connectivity index (χ0) is 7.82. The predicted molar refractivity (Wildman–Crippen MR) is 60.5 cm³/mol. The van der Waals surface area contributed by atoms with Crippen molar-refractivity contribution >= 4 is 12.4 Å². The second-order valence-corrected chi connectivity index (χ2v) is 2.77. The smallest absolute Gasteiger partial charge is 0.0323 e. The van der Waals surface area contributed by atoms with E-state index in [0.29, 0.717) is 0 Å². The van der Waals surface area contributed by atoms with Crippen molar-refractivity contribution in [1.29, 1.82) is 0 Å². The highest BCUT2D eigenvalue weighted by Gasteiger charge is 1.91. The Labute approximate surface area is 83.6 Å². The molecule has 76 valence electrons. The van der Waals surface area contributed by atoms with Crippen molar-refractivity contribution in [2.45, 2.75) is 52.9 Å². The summed E-state index contributed by atoms with van der Waals surface area (Å²) in [6.45, 7) is 6.71. The normalized spacial score (nSPS) is 7.92. The first kappa shape index (κ1) is 17.9. The van der Waals surface area contributed by atoms with Crippen LogP contribution in [0.15, 0.2) is 11.6 Å². The van der Waals surface area contributed by atoms with Crippen LogP contribution in [0.5, 0.6) is 0 Å². The first-order valence-electron chi connectivity index (χ1n) is 4.53. The standard InChI is InChI=1S/C10H20.ClH.H3N/c1-4-7-10(8-5-2)9-6-3;;/h7H,4-6,8-9H2,1-3H3;1H;1H3. The molecule has 0 unspecified atom stereocenters. The summed E-state index contributed by atoms with van der Waals surface area (Å²) in [6.07, 6.45) is 8.80. The summed E-state index contributed by atoms with van der Waals surface area (Å²) in [7, 11) is 0. The van der Waals surface area contributed by atoms with Crippen LogP contribution in [0.25, 0.3) is 0 Å². The first-order valence-corrected chi connectivity index (χ1v) is 4.53. The van der Waals surface area contributed by atoms with E-state index >= 15 is 0 Å². The number of rotatable bonds is 5. The highest BCUT2D eigenvalue weighted by molar-refractivity contribution is 5.85. The minimum atomic E-state index is 0. The van der Waals surface area contributed by atoms with Gasteiger partial charge in [-0.15, -0.1) is 12.4 Å². The lowest BCUT2D eigenvalue weighted by Crippen LogP contribution is -1.81. The Hall–Kier alpha value is -0.0100. The van der Waals surface area contributed by atoms with Gasteiger partial charge in [0.05, 0.1) is 0 Å². The third-order valence-corrected chi connectivity index (χ3v) is 1.64. The van der Waals surface area contributed by atoms with E-state index < -0.39 is 0 Å². The van der Waals surface area contributed by atoms with Crippen LogP contribution < -0.4 is 6.15 Å². The topological polar surface area (TPSA) is 35.0 Å². The molecule has 0 aromatic heterocycles. The van der Waals surface area contributed by atoms with Gasteiger partial charge in [-0.1, -0.05) is 45.3 Å². The summed E-state index contributed by atoms with van der Waals surface area (Å²) < 4.78 is 0. The lowest BCUT2D eigenvalue weighted by atomic mass is 10.0. The molecule has 0 aliphatic carbocycles. The molecule has 12 heavy (non-hydrogen) atoms. The number of halogens is 1. The van der Waals surface area contributed by atoms with Crippen LogP contribution in [-0.4, -0.2) is 0 Å². The molecule has 0 bridgehead atoms. The van der Waals surface area contributed by atoms with E-state index in [4.69, 9.17) is 0 Å². The maximum absolute atomic E-state index is 2.38. The van der Waals surface area contributed by atoms with E-state index in [2.05, 4.69) is 26.8 Å². The average Bonchev–Trinajstić information content (AvgIpc) is 1.90. The third-order valence-electron chi connectivity index (χ3n) is 1.64. The Balaban J connectivity index is -0.000000405. The maximum atomic E-state index is 2.38. The van der Waals surface area contributed by atoms with Gasteiger partial charge in [0, 0.05) is 0 Å². The number of allylic oxidation sites excluding steroid dienone is 2. The van der Waals surface area contributed by atoms with Crippen LogP contribution in [0.1, 0.15) is 52.9 Å². The highest BCUT2D eigenvalue weighted by Crippen LogP contribution is 2.12. The molecule has 0 spiro atoms. The van der Waals surface area contributed by atoms with Crippen LogP contribution in [-0.2, 0) is 0 Å². The predicted octanol–water partition coefficient (Wildman–Crippen LogP) is 4.51. The minimum Gasteiger partial charge on any atom is -0.344 e. The number of hydrogen-bond acceptors (Lipinski definition) is 1. The van der Waals surface area contributed by atoms with Gasteiger partial charge >= 0.3 is 0 Å². The summed E-state index contributed by atoms with van der Waals surface area (Å²) in [5.74, 6) is 0. The molecule has 0 radical (unpaired) electrons. The van der Waals surface area contributed by atoms with Gasteiger partial charge in [0.2, 0.25) is 0 Å². The van der Waals surface area contributed by atoms with Gasteiger partial charge in [-0.25, -0.2) is 0 Å².